The van der Waals surface area contributed by atoms with Crippen LogP contribution in [0.15, 0.2) is 30.3 Å². The first kappa shape index (κ1) is 14.2. The summed E-state index contributed by atoms with van der Waals surface area (Å²) in [6.45, 7) is 4.25. The molecule has 1 aromatic rings. The van der Waals surface area contributed by atoms with Crippen molar-refractivity contribution in [2.24, 2.45) is 0 Å². The number of carbonyl (C=O) groups is 1. The van der Waals surface area contributed by atoms with E-state index in [0.29, 0.717) is 6.54 Å². The number of nitrogens with one attached hydrogen (secondary N) is 1. The van der Waals surface area contributed by atoms with Gasteiger partial charge in [-0.05, 0) is 19.5 Å². The third-order valence-electron chi connectivity index (χ3n) is 2.45. The normalized spacial score (nSPS) is 12.5. The first-order valence-corrected chi connectivity index (χ1v) is 6.65. The van der Waals surface area contributed by atoms with Crippen LogP contribution in [0.1, 0.15) is 12.5 Å². The number of alkyl halides is 1. The Balaban J connectivity index is 2.22. The summed E-state index contributed by atoms with van der Waals surface area (Å²) in [5.74, 6) is 0.0399. The van der Waals surface area contributed by atoms with Crippen LogP contribution in [0.4, 0.5) is 0 Å². The molecule has 1 N–H and O–H groups in total. The Morgan fingerprint density at radius 3 is 2.65 bits per heavy atom. The van der Waals surface area contributed by atoms with E-state index in [1.54, 1.807) is 0 Å². The molecule has 0 aliphatic rings. The number of nitrogens with zero attached hydrogens (tertiary/aromatic N) is 1. The van der Waals surface area contributed by atoms with Crippen LogP contribution in [0.3, 0.4) is 0 Å². The molecule has 1 rings (SSSR count). The standard InChI is InChI=1S/C13H19BrN2O/c1-11(14)13(17)15-8-9-16(2)10-12-6-4-3-5-7-12/h3-7,11H,8-10H2,1-2H3,(H,15,17). The van der Waals surface area contributed by atoms with Crippen molar-refractivity contribution in [3.05, 3.63) is 35.9 Å². The van der Waals surface area contributed by atoms with Gasteiger partial charge in [0.25, 0.3) is 0 Å². The second-order valence-electron chi connectivity index (χ2n) is 4.13. The van der Waals surface area contributed by atoms with Gasteiger partial charge in [0.2, 0.25) is 5.91 Å². The summed E-state index contributed by atoms with van der Waals surface area (Å²) in [6, 6.07) is 10.3. The minimum absolute atomic E-state index is 0.0399. The molecule has 1 aromatic carbocycles. The first-order valence-electron chi connectivity index (χ1n) is 5.74. The highest BCUT2D eigenvalue weighted by molar-refractivity contribution is 9.10. The van der Waals surface area contributed by atoms with Crippen molar-refractivity contribution in [3.63, 3.8) is 0 Å². The number of benzene rings is 1. The molecule has 4 heteroatoms. The van der Waals surface area contributed by atoms with Crippen molar-refractivity contribution in [2.45, 2.75) is 18.3 Å². The van der Waals surface area contributed by atoms with Crippen LogP contribution in [-0.2, 0) is 11.3 Å². The van der Waals surface area contributed by atoms with E-state index in [9.17, 15) is 4.79 Å². The summed E-state index contributed by atoms with van der Waals surface area (Å²) < 4.78 is 0. The van der Waals surface area contributed by atoms with Gasteiger partial charge in [-0.2, -0.15) is 0 Å². The number of rotatable bonds is 6. The highest BCUT2D eigenvalue weighted by atomic mass is 79.9. The van der Waals surface area contributed by atoms with Crippen LogP contribution in [0, 0.1) is 0 Å². The molecule has 3 nitrogen and oxygen atoms in total. The zero-order valence-electron chi connectivity index (χ0n) is 10.3. The maximum absolute atomic E-state index is 11.3. The molecule has 0 bridgehead atoms. The van der Waals surface area contributed by atoms with E-state index >= 15 is 0 Å². The fourth-order valence-electron chi connectivity index (χ4n) is 1.48. The Morgan fingerprint density at radius 1 is 1.41 bits per heavy atom. The quantitative estimate of drug-likeness (QED) is 0.815. The number of halogens is 1. The molecular formula is C13H19BrN2O. The second-order valence-corrected chi connectivity index (χ2v) is 5.50. The molecule has 1 unspecified atom stereocenters. The van der Waals surface area contributed by atoms with E-state index in [2.05, 4.69) is 45.3 Å². The van der Waals surface area contributed by atoms with Crippen LogP contribution in [0.25, 0.3) is 0 Å². The largest absolute Gasteiger partial charge is 0.354 e. The molecule has 0 saturated heterocycles. The molecule has 0 radical (unpaired) electrons. The lowest BCUT2D eigenvalue weighted by Gasteiger charge is -2.17. The van der Waals surface area contributed by atoms with Gasteiger partial charge in [-0.1, -0.05) is 46.3 Å². The highest BCUT2D eigenvalue weighted by Crippen LogP contribution is 2.01. The topological polar surface area (TPSA) is 32.3 Å². The number of hydrogen-bond acceptors (Lipinski definition) is 2. The van der Waals surface area contributed by atoms with Crippen LogP contribution in [-0.4, -0.2) is 35.8 Å². The zero-order chi connectivity index (χ0) is 12.7. The van der Waals surface area contributed by atoms with Gasteiger partial charge in [0, 0.05) is 19.6 Å². The smallest absolute Gasteiger partial charge is 0.233 e. The van der Waals surface area contributed by atoms with Gasteiger partial charge in [0.1, 0.15) is 0 Å². The SMILES string of the molecule is CC(Br)C(=O)NCCN(C)Cc1ccccc1. The number of amides is 1. The lowest BCUT2D eigenvalue weighted by molar-refractivity contribution is -0.120. The Hall–Kier alpha value is -0.870. The van der Waals surface area contributed by atoms with Crippen molar-refractivity contribution in [1.82, 2.24) is 10.2 Å². The van der Waals surface area contributed by atoms with Gasteiger partial charge in [-0.25, -0.2) is 0 Å². The monoisotopic (exact) mass is 298 g/mol. The Kier molecular flexibility index (Phi) is 6.22. The number of hydrogen-bond donors (Lipinski definition) is 1. The molecule has 0 aliphatic carbocycles. The van der Waals surface area contributed by atoms with Crippen molar-refractivity contribution >= 4 is 21.8 Å². The first-order chi connectivity index (χ1) is 8.09. The van der Waals surface area contributed by atoms with Crippen LogP contribution in [0.2, 0.25) is 0 Å². The maximum atomic E-state index is 11.3. The van der Waals surface area contributed by atoms with Gasteiger partial charge < -0.3 is 10.2 Å². The van der Waals surface area contributed by atoms with Crippen molar-refractivity contribution in [3.8, 4) is 0 Å². The van der Waals surface area contributed by atoms with Crippen molar-refractivity contribution in [2.75, 3.05) is 20.1 Å². The molecule has 0 aliphatic heterocycles. The van der Waals surface area contributed by atoms with Crippen molar-refractivity contribution in [1.29, 1.82) is 0 Å². The Morgan fingerprint density at radius 2 is 2.06 bits per heavy atom. The minimum atomic E-state index is -0.123. The van der Waals surface area contributed by atoms with Gasteiger partial charge in [0.05, 0.1) is 4.83 Å². The summed E-state index contributed by atoms with van der Waals surface area (Å²) in [4.78, 5) is 13.4. The highest BCUT2D eigenvalue weighted by Gasteiger charge is 2.07. The molecule has 94 valence electrons. The van der Waals surface area contributed by atoms with E-state index in [1.807, 2.05) is 25.1 Å². The molecular weight excluding hydrogens is 280 g/mol. The van der Waals surface area contributed by atoms with E-state index in [1.165, 1.54) is 5.56 Å². The molecule has 0 fully saturated rings. The van der Waals surface area contributed by atoms with Crippen LogP contribution in [0.5, 0.6) is 0 Å². The molecule has 1 amide bonds. The van der Waals surface area contributed by atoms with Gasteiger partial charge in [-0.3, -0.25) is 4.79 Å². The van der Waals surface area contributed by atoms with Gasteiger partial charge in [0.15, 0.2) is 0 Å². The Labute approximate surface area is 111 Å². The Bertz CT molecular complexity index is 341. The summed E-state index contributed by atoms with van der Waals surface area (Å²) in [5, 5.41) is 2.87. The molecule has 17 heavy (non-hydrogen) atoms. The fraction of sp³-hybridized carbons (Fsp3) is 0.462. The average molecular weight is 299 g/mol. The summed E-state index contributed by atoms with van der Waals surface area (Å²) in [5.41, 5.74) is 1.29. The maximum Gasteiger partial charge on any atom is 0.233 e. The van der Waals surface area contributed by atoms with E-state index < -0.39 is 0 Å². The van der Waals surface area contributed by atoms with E-state index in [0.717, 1.165) is 13.1 Å². The molecule has 0 aromatic heterocycles. The fourth-order valence-corrected chi connectivity index (χ4v) is 1.65. The molecule has 0 spiro atoms. The van der Waals surface area contributed by atoms with E-state index in [4.69, 9.17) is 0 Å². The predicted octanol–water partition coefficient (Wildman–Crippen LogP) is 2.02. The van der Waals surface area contributed by atoms with E-state index in [-0.39, 0.29) is 10.7 Å². The van der Waals surface area contributed by atoms with Crippen LogP contribution >= 0.6 is 15.9 Å². The zero-order valence-corrected chi connectivity index (χ0v) is 11.9. The minimum Gasteiger partial charge on any atom is -0.354 e. The molecule has 0 heterocycles. The number of carbonyl (C=O) groups excluding carboxylic acids is 1. The predicted molar refractivity (Wildman–Crippen MR) is 74.2 cm³/mol. The second kappa shape index (κ2) is 7.45. The third kappa shape index (κ3) is 5.84. The molecule has 1 atom stereocenters. The van der Waals surface area contributed by atoms with Gasteiger partial charge in [-0.15, -0.1) is 0 Å². The summed E-state index contributed by atoms with van der Waals surface area (Å²) in [6.07, 6.45) is 0. The van der Waals surface area contributed by atoms with Crippen molar-refractivity contribution < 1.29 is 4.79 Å². The van der Waals surface area contributed by atoms with Gasteiger partial charge >= 0.3 is 0 Å². The third-order valence-corrected chi connectivity index (χ3v) is 2.87. The van der Waals surface area contributed by atoms with Crippen LogP contribution < -0.4 is 5.32 Å². The lowest BCUT2D eigenvalue weighted by atomic mass is 10.2. The molecule has 0 saturated carbocycles. The number of likely N-dealkylation sites (N-methyl/N-ethyl adjacent to an activating group) is 1. The summed E-state index contributed by atoms with van der Waals surface area (Å²) >= 11 is 3.24. The lowest BCUT2D eigenvalue weighted by Crippen LogP contribution is -2.35. The summed E-state index contributed by atoms with van der Waals surface area (Å²) in [7, 11) is 2.05. The average Bonchev–Trinajstić information content (AvgIpc) is 2.30.